The average Bonchev–Trinajstić information content (AvgIpc) is 3.25. The highest BCUT2D eigenvalue weighted by Gasteiger charge is 2.65. The second-order valence-corrected chi connectivity index (χ2v) is 15.2. The zero-order valence-electron chi connectivity index (χ0n) is 33.6. The van der Waals surface area contributed by atoms with E-state index in [1.54, 1.807) is 48.5 Å². The predicted molar refractivity (Wildman–Crippen MR) is 221 cm³/mol. The molecule has 0 bridgehead atoms. The number of allylic oxidation sites excluding steroid dienone is 1. The first-order valence-corrected chi connectivity index (χ1v) is 20.6. The van der Waals surface area contributed by atoms with Crippen LogP contribution in [0.4, 0.5) is 0 Å². The minimum Gasteiger partial charge on any atom is -0.459 e. The molecule has 1 saturated carbocycles. The van der Waals surface area contributed by atoms with E-state index in [9.17, 15) is 25.1 Å². The quantitative estimate of drug-likeness (QED) is 0.0498. The van der Waals surface area contributed by atoms with Crippen molar-refractivity contribution in [3.8, 4) is 23.3 Å². The van der Waals surface area contributed by atoms with Crippen molar-refractivity contribution >= 4 is 17.9 Å². The van der Waals surface area contributed by atoms with Crippen LogP contribution < -0.4 is 9.47 Å². The molecule has 0 spiro atoms. The van der Waals surface area contributed by atoms with Gasteiger partial charge < -0.3 is 34.2 Å². The number of hydrogen-bond donors (Lipinski definition) is 2. The van der Waals surface area contributed by atoms with Gasteiger partial charge in [0.2, 0.25) is 5.79 Å². The second kappa shape index (κ2) is 19.9. The van der Waals surface area contributed by atoms with Gasteiger partial charge in [0.15, 0.2) is 0 Å². The Bertz CT molecular complexity index is 2010. The summed E-state index contributed by atoms with van der Waals surface area (Å²) in [6, 6.07) is 20.9. The lowest BCUT2D eigenvalue weighted by molar-refractivity contribution is -0.254. The number of oxime groups is 1. The summed E-state index contributed by atoms with van der Waals surface area (Å²) in [6.07, 6.45) is 10.3. The van der Waals surface area contributed by atoms with Crippen LogP contribution in [0.15, 0.2) is 96.2 Å². The van der Waals surface area contributed by atoms with E-state index in [4.69, 9.17) is 24.2 Å². The van der Waals surface area contributed by atoms with Gasteiger partial charge in [-0.25, -0.2) is 0 Å². The van der Waals surface area contributed by atoms with Gasteiger partial charge in [0.25, 0.3) is 5.91 Å². The Hall–Kier alpha value is -5.28. The molecule has 2 N–H and O–H groups in total. The average molecular weight is 790 g/mol. The van der Waals surface area contributed by atoms with Gasteiger partial charge in [-0.2, -0.15) is 5.26 Å². The molecule has 3 aromatic carbocycles. The van der Waals surface area contributed by atoms with Crippen molar-refractivity contribution in [1.29, 1.82) is 5.26 Å². The number of nitriles is 1. The van der Waals surface area contributed by atoms with Gasteiger partial charge in [0.1, 0.15) is 36.2 Å². The molecule has 0 radical (unpaired) electrons. The minimum absolute atomic E-state index is 0.0444. The number of rotatable bonds is 20. The number of hydrogen-bond acceptors (Lipinski definition) is 10. The lowest BCUT2D eigenvalue weighted by Crippen LogP contribution is -2.70. The molecule has 1 heterocycles. The summed E-state index contributed by atoms with van der Waals surface area (Å²) < 4.78 is 20.8. The van der Waals surface area contributed by atoms with E-state index in [-0.39, 0.29) is 49.9 Å². The second-order valence-electron chi connectivity index (χ2n) is 15.2. The number of nitrogens with zero attached hydrogens (tertiary/aromatic N) is 3. The van der Waals surface area contributed by atoms with Crippen LogP contribution in [0.3, 0.4) is 0 Å². The SMILES string of the molecule is C=CCO[C@@]12Oc3ccc(Oc4cccc(C=O)c4)cc3[C@H]3[C@H](CCCCO)[C@@H](CCCCO)C=C(C(=NOCC)C[C@@H]1N(CCC)C(=O)c1ccc(C#N)cc1)[C@H]32. The Morgan fingerprint density at radius 2 is 1.79 bits per heavy atom. The number of ether oxygens (including phenoxy) is 3. The first kappa shape index (κ1) is 42.3. The van der Waals surface area contributed by atoms with Crippen molar-refractivity contribution in [2.45, 2.75) is 83.0 Å². The summed E-state index contributed by atoms with van der Waals surface area (Å²) in [5.74, 6) is -0.470. The Labute approximate surface area is 341 Å². The minimum atomic E-state index is -1.40. The number of unbranched alkanes of at least 4 members (excludes halogenated alkanes) is 2. The highest BCUT2D eigenvalue weighted by atomic mass is 16.7. The number of aliphatic hydroxyl groups excluding tert-OH is 2. The smallest absolute Gasteiger partial charge is 0.254 e. The Balaban J connectivity index is 1.59. The molecular formula is C47H55N3O8. The molecule has 0 aromatic heterocycles. The Morgan fingerprint density at radius 3 is 2.48 bits per heavy atom. The molecule has 6 rings (SSSR count). The van der Waals surface area contributed by atoms with Crippen LogP contribution in [0.25, 0.3) is 0 Å². The molecule has 1 fully saturated rings. The number of fused-ring (bicyclic) bond motifs is 2. The van der Waals surface area contributed by atoms with E-state index in [0.717, 1.165) is 48.8 Å². The molecule has 0 unspecified atom stereocenters. The van der Waals surface area contributed by atoms with Gasteiger partial charge in [0.05, 0.1) is 29.9 Å². The first-order chi connectivity index (χ1) is 28.4. The van der Waals surface area contributed by atoms with Crippen molar-refractivity contribution < 1.29 is 38.9 Å². The van der Waals surface area contributed by atoms with E-state index in [1.807, 2.05) is 43.0 Å². The van der Waals surface area contributed by atoms with Crippen LogP contribution in [0, 0.1) is 29.1 Å². The fourth-order valence-electron chi connectivity index (χ4n) is 9.13. The molecule has 11 nitrogen and oxygen atoms in total. The van der Waals surface area contributed by atoms with Crippen LogP contribution in [0.5, 0.6) is 17.2 Å². The van der Waals surface area contributed by atoms with E-state index >= 15 is 0 Å². The van der Waals surface area contributed by atoms with Gasteiger partial charge in [0, 0.05) is 48.8 Å². The fraction of sp³-hybridized carbons (Fsp3) is 0.447. The molecule has 2 aliphatic carbocycles. The third-order valence-corrected chi connectivity index (χ3v) is 11.5. The lowest BCUT2D eigenvalue weighted by atomic mass is 9.55. The van der Waals surface area contributed by atoms with Gasteiger partial charge in [-0.05, 0) is 111 Å². The van der Waals surface area contributed by atoms with Crippen LogP contribution in [0.1, 0.15) is 103 Å². The summed E-state index contributed by atoms with van der Waals surface area (Å²) in [5.41, 5.74) is 4.00. The molecular weight excluding hydrogens is 735 g/mol. The summed E-state index contributed by atoms with van der Waals surface area (Å²) >= 11 is 0. The van der Waals surface area contributed by atoms with Crippen molar-refractivity contribution in [3.63, 3.8) is 0 Å². The normalized spacial score (nSPS) is 23.7. The Kier molecular flexibility index (Phi) is 14.5. The standard InChI is InChI=1S/C47H55N3O8/c1-4-22-50(46(54)34-18-16-32(30-48)17-19-34)43-29-41(49-56-6-3)39-27-35(13-7-9-23-51)38(15-8-10-24-52)44-40-28-37(57-36-14-11-12-33(26-36)31-53)20-21-42(40)58-47(43,45(39)44)55-25-5-2/h5,11-12,14,16-21,26-28,31,35,38,43-45,51-52H,2,4,6-10,13,15,22-25,29H2,1,3H3/t35-,38+,43-,44+,45+,47+/m0/s1. The number of carbonyl (C=O) groups is 2. The maximum atomic E-state index is 14.8. The summed E-state index contributed by atoms with van der Waals surface area (Å²) in [4.78, 5) is 34.1. The van der Waals surface area contributed by atoms with E-state index in [1.165, 1.54) is 0 Å². The zero-order valence-corrected chi connectivity index (χ0v) is 33.6. The fourth-order valence-corrected chi connectivity index (χ4v) is 9.13. The predicted octanol–water partition coefficient (Wildman–Crippen LogP) is 8.37. The third kappa shape index (κ3) is 8.90. The summed E-state index contributed by atoms with van der Waals surface area (Å²) in [6.45, 7) is 9.01. The van der Waals surface area contributed by atoms with E-state index in [0.29, 0.717) is 66.4 Å². The molecule has 11 heteroatoms. The monoisotopic (exact) mass is 789 g/mol. The third-order valence-electron chi connectivity index (χ3n) is 11.5. The Morgan fingerprint density at radius 1 is 1.03 bits per heavy atom. The van der Waals surface area contributed by atoms with Gasteiger partial charge >= 0.3 is 0 Å². The molecule has 6 atom stereocenters. The van der Waals surface area contributed by atoms with Gasteiger partial charge in [-0.15, -0.1) is 6.58 Å². The van der Waals surface area contributed by atoms with Crippen molar-refractivity contribution in [2.75, 3.05) is 33.0 Å². The van der Waals surface area contributed by atoms with Gasteiger partial charge in [-0.3, -0.25) is 9.59 Å². The van der Waals surface area contributed by atoms with Crippen LogP contribution >= 0.6 is 0 Å². The molecule has 1 aliphatic heterocycles. The van der Waals surface area contributed by atoms with Crippen molar-refractivity contribution in [3.05, 3.63) is 113 Å². The topological polar surface area (TPSA) is 151 Å². The lowest BCUT2D eigenvalue weighted by Gasteiger charge is -2.60. The molecule has 1 amide bonds. The van der Waals surface area contributed by atoms with Crippen LogP contribution in [0.2, 0.25) is 0 Å². The maximum absolute atomic E-state index is 14.8. The first-order valence-electron chi connectivity index (χ1n) is 20.6. The highest BCUT2D eigenvalue weighted by molar-refractivity contribution is 6.03. The molecule has 58 heavy (non-hydrogen) atoms. The molecule has 306 valence electrons. The van der Waals surface area contributed by atoms with Crippen LogP contribution in [-0.2, 0) is 9.57 Å². The van der Waals surface area contributed by atoms with Gasteiger partial charge in [-0.1, -0.05) is 49.2 Å². The number of aliphatic hydroxyl groups is 2. The molecule has 3 aromatic rings. The van der Waals surface area contributed by atoms with Crippen molar-refractivity contribution in [1.82, 2.24) is 4.90 Å². The summed E-state index contributed by atoms with van der Waals surface area (Å²) in [7, 11) is 0. The number of amides is 1. The number of aldehydes is 1. The molecule has 3 aliphatic rings. The van der Waals surface area contributed by atoms with E-state index in [2.05, 4.69) is 18.7 Å². The van der Waals surface area contributed by atoms with Crippen molar-refractivity contribution in [2.24, 2.45) is 22.9 Å². The number of carbonyl (C=O) groups excluding carboxylic acids is 2. The van der Waals surface area contributed by atoms with Crippen LogP contribution in [-0.4, -0.2) is 77.8 Å². The maximum Gasteiger partial charge on any atom is 0.254 e. The van der Waals surface area contributed by atoms with E-state index < -0.39 is 17.7 Å². The highest BCUT2D eigenvalue weighted by Crippen LogP contribution is 2.62. The largest absolute Gasteiger partial charge is 0.459 e. The number of benzene rings is 3. The summed E-state index contributed by atoms with van der Waals surface area (Å²) in [5, 5.41) is 34.0. The molecule has 0 saturated heterocycles. The zero-order chi connectivity index (χ0) is 41.1.